The third-order valence-corrected chi connectivity index (χ3v) is 7.79. The van der Waals surface area contributed by atoms with Crippen molar-refractivity contribution in [1.82, 2.24) is 4.90 Å². The first-order valence-corrected chi connectivity index (χ1v) is 14.0. The van der Waals surface area contributed by atoms with Crippen LogP contribution in [0, 0.1) is 0 Å². The average molecular weight is 583 g/mol. The second-order valence-corrected chi connectivity index (χ2v) is 10.4. The van der Waals surface area contributed by atoms with Crippen LogP contribution in [0.15, 0.2) is 42.5 Å². The van der Waals surface area contributed by atoms with Gasteiger partial charge in [-0.15, -0.1) is 11.3 Å². The number of rotatable bonds is 11. The number of carbonyl (C=O) groups is 3. The van der Waals surface area contributed by atoms with Crippen LogP contribution in [-0.2, 0) is 33.8 Å². The minimum absolute atomic E-state index is 0.122. The summed E-state index contributed by atoms with van der Waals surface area (Å²) < 4.78 is 26.7. The van der Waals surface area contributed by atoms with Crippen LogP contribution in [0.4, 0.5) is 5.00 Å². The fourth-order valence-electron chi connectivity index (χ4n) is 4.63. The van der Waals surface area contributed by atoms with Crippen LogP contribution in [-0.4, -0.2) is 63.3 Å². The van der Waals surface area contributed by atoms with Gasteiger partial charge in [-0.2, -0.15) is 0 Å². The Morgan fingerprint density at radius 3 is 2.29 bits per heavy atom. The summed E-state index contributed by atoms with van der Waals surface area (Å²) in [5.41, 5.74) is 2.57. The number of nitrogens with zero attached hydrogens (tertiary/aromatic N) is 1. The van der Waals surface area contributed by atoms with Crippen molar-refractivity contribution in [3.05, 3.63) is 69.6 Å². The molecule has 1 atom stereocenters. The van der Waals surface area contributed by atoms with Crippen LogP contribution >= 0.6 is 11.3 Å². The number of benzene rings is 2. The van der Waals surface area contributed by atoms with Crippen molar-refractivity contribution in [3.8, 4) is 17.2 Å². The number of carbonyl (C=O) groups excluding carboxylic acids is 3. The molecule has 4 rings (SSSR count). The molecule has 1 aromatic heterocycles. The number of fused-ring (bicyclic) bond motifs is 1. The van der Waals surface area contributed by atoms with E-state index in [0.717, 1.165) is 23.5 Å². The zero-order valence-electron chi connectivity index (χ0n) is 23.8. The van der Waals surface area contributed by atoms with Crippen molar-refractivity contribution in [3.63, 3.8) is 0 Å². The predicted octanol–water partition coefficient (Wildman–Crippen LogP) is 4.69. The number of nitrogens with one attached hydrogen (secondary N) is 1. The molecule has 218 valence electrons. The number of amides is 1. The lowest BCUT2D eigenvalue weighted by Crippen LogP contribution is -2.31. The molecule has 1 N–H and O–H groups in total. The molecule has 0 radical (unpaired) electrons. The summed E-state index contributed by atoms with van der Waals surface area (Å²) in [5.74, 6) is -0.928. The second kappa shape index (κ2) is 13.5. The average Bonchev–Trinajstić information content (AvgIpc) is 3.33. The minimum atomic E-state index is -1.16. The first kappa shape index (κ1) is 29.9. The minimum Gasteiger partial charge on any atom is -0.493 e. The maximum Gasteiger partial charge on any atom is 0.341 e. The topological polar surface area (TPSA) is 113 Å². The van der Waals surface area contributed by atoms with Gasteiger partial charge in [0.05, 0.1) is 39.1 Å². The van der Waals surface area contributed by atoms with E-state index in [4.69, 9.17) is 23.7 Å². The van der Waals surface area contributed by atoms with Crippen LogP contribution in [0.2, 0.25) is 0 Å². The van der Waals surface area contributed by atoms with Gasteiger partial charge >= 0.3 is 11.9 Å². The van der Waals surface area contributed by atoms with Gasteiger partial charge in [0, 0.05) is 24.5 Å². The third-order valence-electron chi connectivity index (χ3n) is 6.65. The lowest BCUT2D eigenvalue weighted by Gasteiger charge is -2.27. The third kappa shape index (κ3) is 6.80. The number of ether oxygens (including phenoxy) is 5. The van der Waals surface area contributed by atoms with Crippen molar-refractivity contribution < 1.29 is 38.1 Å². The molecule has 1 amide bonds. The van der Waals surface area contributed by atoms with Crippen molar-refractivity contribution >= 4 is 34.2 Å². The summed E-state index contributed by atoms with van der Waals surface area (Å²) in [6.45, 7) is 5.60. The van der Waals surface area contributed by atoms with Crippen LogP contribution in [0.3, 0.4) is 0 Å². The quantitative estimate of drug-likeness (QED) is 0.322. The SMILES string of the molecule is CCOC(=O)c1c(NC(=O)C(C)OC(=O)c2cc(OC)c(OC)c(OC)c2)sc2c1CCN(Cc1ccccc1)C2. The largest absolute Gasteiger partial charge is 0.493 e. The monoisotopic (exact) mass is 582 g/mol. The van der Waals surface area contributed by atoms with E-state index in [0.29, 0.717) is 29.3 Å². The molecule has 0 saturated carbocycles. The van der Waals surface area contributed by atoms with E-state index in [9.17, 15) is 14.4 Å². The number of methoxy groups -OCH3 is 3. The molecule has 0 spiro atoms. The van der Waals surface area contributed by atoms with Gasteiger partial charge < -0.3 is 29.0 Å². The predicted molar refractivity (Wildman–Crippen MR) is 154 cm³/mol. The zero-order valence-corrected chi connectivity index (χ0v) is 24.6. The molecule has 2 heterocycles. The molecule has 1 unspecified atom stereocenters. The highest BCUT2D eigenvalue weighted by atomic mass is 32.1. The molecular formula is C30H34N2O8S. The lowest BCUT2D eigenvalue weighted by molar-refractivity contribution is -0.123. The molecule has 1 aliphatic rings. The van der Waals surface area contributed by atoms with E-state index in [-0.39, 0.29) is 23.7 Å². The summed E-state index contributed by atoms with van der Waals surface area (Å²) in [4.78, 5) is 42.3. The Morgan fingerprint density at radius 1 is 1.00 bits per heavy atom. The van der Waals surface area contributed by atoms with Gasteiger partial charge in [-0.3, -0.25) is 9.69 Å². The summed E-state index contributed by atoms with van der Waals surface area (Å²) in [7, 11) is 4.33. The van der Waals surface area contributed by atoms with Crippen molar-refractivity contribution in [2.45, 2.75) is 39.5 Å². The van der Waals surface area contributed by atoms with E-state index in [1.165, 1.54) is 57.3 Å². The number of thiophene rings is 1. The number of esters is 2. The smallest absolute Gasteiger partial charge is 0.341 e. The molecule has 41 heavy (non-hydrogen) atoms. The van der Waals surface area contributed by atoms with Crippen LogP contribution < -0.4 is 19.5 Å². The fraction of sp³-hybridized carbons (Fsp3) is 0.367. The molecule has 11 heteroatoms. The molecule has 0 saturated heterocycles. The van der Waals surface area contributed by atoms with Crippen LogP contribution in [0.1, 0.15) is 50.6 Å². The Hall–Kier alpha value is -4.09. The van der Waals surface area contributed by atoms with Crippen molar-refractivity contribution in [1.29, 1.82) is 0 Å². The summed E-state index contributed by atoms with van der Waals surface area (Å²) >= 11 is 1.34. The maximum absolute atomic E-state index is 13.2. The van der Waals surface area contributed by atoms with Gasteiger partial charge in [0.25, 0.3) is 5.91 Å². The molecule has 2 aromatic carbocycles. The van der Waals surface area contributed by atoms with E-state index in [2.05, 4.69) is 22.3 Å². The van der Waals surface area contributed by atoms with Crippen LogP contribution in [0.25, 0.3) is 0 Å². The Balaban J connectivity index is 1.51. The van der Waals surface area contributed by atoms with Crippen molar-refractivity contribution in [2.24, 2.45) is 0 Å². The Morgan fingerprint density at radius 2 is 1.68 bits per heavy atom. The number of hydrogen-bond donors (Lipinski definition) is 1. The molecule has 10 nitrogen and oxygen atoms in total. The molecule has 0 bridgehead atoms. The van der Waals surface area contributed by atoms with E-state index < -0.39 is 23.9 Å². The highest BCUT2D eigenvalue weighted by molar-refractivity contribution is 7.17. The van der Waals surface area contributed by atoms with E-state index in [1.54, 1.807) is 6.92 Å². The number of hydrogen-bond acceptors (Lipinski definition) is 10. The van der Waals surface area contributed by atoms with E-state index in [1.807, 2.05) is 18.2 Å². The van der Waals surface area contributed by atoms with Gasteiger partial charge in [-0.1, -0.05) is 30.3 Å². The van der Waals surface area contributed by atoms with E-state index >= 15 is 0 Å². The van der Waals surface area contributed by atoms with Crippen molar-refractivity contribution in [2.75, 3.05) is 39.8 Å². The molecule has 1 aliphatic heterocycles. The van der Waals surface area contributed by atoms with Gasteiger partial charge in [-0.05, 0) is 43.5 Å². The lowest BCUT2D eigenvalue weighted by atomic mass is 10.0. The first-order valence-electron chi connectivity index (χ1n) is 13.2. The first-order chi connectivity index (χ1) is 19.8. The highest BCUT2D eigenvalue weighted by Gasteiger charge is 2.31. The van der Waals surface area contributed by atoms with Gasteiger partial charge in [0.1, 0.15) is 5.00 Å². The van der Waals surface area contributed by atoms with Gasteiger partial charge in [0.2, 0.25) is 5.75 Å². The Bertz CT molecular complexity index is 1380. The van der Waals surface area contributed by atoms with Gasteiger partial charge in [0.15, 0.2) is 17.6 Å². The Labute approximate surface area is 243 Å². The fourth-order valence-corrected chi connectivity index (χ4v) is 5.92. The number of anilines is 1. The molecule has 0 fully saturated rings. The van der Waals surface area contributed by atoms with Crippen LogP contribution in [0.5, 0.6) is 17.2 Å². The summed E-state index contributed by atoms with van der Waals surface area (Å²) in [5, 5.41) is 3.19. The maximum atomic E-state index is 13.2. The second-order valence-electron chi connectivity index (χ2n) is 9.33. The molecule has 3 aromatic rings. The summed E-state index contributed by atoms with van der Waals surface area (Å²) in [6, 6.07) is 13.1. The highest BCUT2D eigenvalue weighted by Crippen LogP contribution is 2.39. The Kier molecular flexibility index (Phi) is 9.85. The summed E-state index contributed by atoms with van der Waals surface area (Å²) in [6.07, 6.45) is -0.515. The zero-order chi connectivity index (χ0) is 29.5. The molecular weight excluding hydrogens is 548 g/mol. The van der Waals surface area contributed by atoms with Gasteiger partial charge in [-0.25, -0.2) is 9.59 Å². The standard InChI is InChI=1S/C30H34N2O8S/c1-6-39-30(35)25-21-12-13-32(16-19-10-8-7-9-11-19)17-24(21)41-28(25)31-27(33)18(2)40-29(34)20-14-22(36-3)26(38-5)23(15-20)37-4/h7-11,14-15,18H,6,12-13,16-17H2,1-5H3,(H,31,33). The molecule has 0 aliphatic carbocycles. The normalized spacial score (nSPS) is 13.5.